The third-order valence-electron chi connectivity index (χ3n) is 5.49. The van der Waals surface area contributed by atoms with Gasteiger partial charge >= 0.3 is 0 Å². The number of nitrogens with zero attached hydrogens (tertiary/aromatic N) is 4. The van der Waals surface area contributed by atoms with Gasteiger partial charge < -0.3 is 19.0 Å². The van der Waals surface area contributed by atoms with Crippen LogP contribution in [0.15, 0.2) is 52.9 Å². The van der Waals surface area contributed by atoms with Crippen LogP contribution in [-0.4, -0.2) is 54.4 Å². The number of aromatic nitrogens is 2. The lowest BCUT2D eigenvalue weighted by atomic mass is 10.1. The first-order chi connectivity index (χ1) is 15.1. The summed E-state index contributed by atoms with van der Waals surface area (Å²) in [5.74, 6) is 1.01. The smallest absolute Gasteiger partial charge is 0.247 e. The summed E-state index contributed by atoms with van der Waals surface area (Å²) in [4.78, 5) is 16.8. The average Bonchev–Trinajstić information content (AvgIpc) is 3.28. The number of hydrogen-bond donors (Lipinski definition) is 0. The van der Waals surface area contributed by atoms with Gasteiger partial charge in [-0.3, -0.25) is 4.79 Å². The van der Waals surface area contributed by atoms with Gasteiger partial charge in [-0.15, -0.1) is 10.2 Å². The second-order valence-corrected chi connectivity index (χ2v) is 7.84. The van der Waals surface area contributed by atoms with Gasteiger partial charge in [0.15, 0.2) is 0 Å². The molecule has 0 saturated carbocycles. The third-order valence-corrected chi connectivity index (χ3v) is 5.49. The molecule has 162 valence electrons. The molecule has 4 rings (SSSR count). The minimum Gasteiger partial charge on any atom is -0.421 e. The van der Waals surface area contributed by atoms with Crippen molar-refractivity contribution in [2.24, 2.45) is 0 Å². The molecule has 0 unspecified atom stereocenters. The van der Waals surface area contributed by atoms with Gasteiger partial charge in [0, 0.05) is 50.8 Å². The summed E-state index contributed by atoms with van der Waals surface area (Å²) in [6.45, 7) is 5.80. The Bertz CT molecular complexity index is 1010. The molecular weight excluding hydrogens is 392 g/mol. The molecular formula is C24H28N4O3. The number of hydrogen-bond acceptors (Lipinski definition) is 6. The maximum atomic E-state index is 12.7. The van der Waals surface area contributed by atoms with E-state index in [0.29, 0.717) is 31.2 Å². The van der Waals surface area contributed by atoms with E-state index >= 15 is 0 Å². The van der Waals surface area contributed by atoms with Crippen LogP contribution < -0.4 is 4.90 Å². The fraction of sp³-hybridized carbons (Fsp3) is 0.375. The summed E-state index contributed by atoms with van der Waals surface area (Å²) < 4.78 is 11.2. The molecule has 31 heavy (non-hydrogen) atoms. The van der Waals surface area contributed by atoms with Crippen molar-refractivity contribution >= 4 is 11.6 Å². The molecule has 1 aliphatic rings. The Labute approximate surface area is 182 Å². The Morgan fingerprint density at radius 3 is 2.58 bits per heavy atom. The van der Waals surface area contributed by atoms with E-state index in [-0.39, 0.29) is 5.91 Å². The molecule has 1 aromatic heterocycles. The van der Waals surface area contributed by atoms with Gasteiger partial charge in [-0.1, -0.05) is 35.9 Å². The predicted molar refractivity (Wildman–Crippen MR) is 119 cm³/mol. The van der Waals surface area contributed by atoms with E-state index < -0.39 is 0 Å². The van der Waals surface area contributed by atoms with Crippen LogP contribution >= 0.6 is 0 Å². The van der Waals surface area contributed by atoms with Crippen LogP contribution in [0.2, 0.25) is 0 Å². The number of morpholine rings is 1. The zero-order chi connectivity index (χ0) is 21.6. The van der Waals surface area contributed by atoms with Gasteiger partial charge in [-0.2, -0.15) is 0 Å². The lowest BCUT2D eigenvalue weighted by Crippen LogP contribution is -2.37. The van der Waals surface area contributed by atoms with Crippen molar-refractivity contribution in [2.45, 2.75) is 26.3 Å². The lowest BCUT2D eigenvalue weighted by molar-refractivity contribution is -0.130. The maximum Gasteiger partial charge on any atom is 0.247 e. The van der Waals surface area contributed by atoms with Gasteiger partial charge in [0.05, 0.1) is 13.2 Å². The molecule has 7 heteroatoms. The Balaban J connectivity index is 1.34. The number of aryl methyl sites for hydroxylation is 2. The van der Waals surface area contributed by atoms with Gasteiger partial charge in [-0.25, -0.2) is 0 Å². The topological polar surface area (TPSA) is 71.7 Å². The van der Waals surface area contributed by atoms with E-state index in [9.17, 15) is 4.79 Å². The van der Waals surface area contributed by atoms with Crippen LogP contribution in [0.3, 0.4) is 0 Å². The Morgan fingerprint density at radius 1 is 1.06 bits per heavy atom. The molecule has 2 aromatic carbocycles. The molecule has 0 aliphatic carbocycles. The van der Waals surface area contributed by atoms with Gasteiger partial charge in [0.2, 0.25) is 17.7 Å². The minimum absolute atomic E-state index is 0.0480. The summed E-state index contributed by atoms with van der Waals surface area (Å²) in [7, 11) is 1.84. The monoisotopic (exact) mass is 420 g/mol. The molecule has 1 fully saturated rings. The van der Waals surface area contributed by atoms with Crippen molar-refractivity contribution in [2.75, 3.05) is 38.3 Å². The second kappa shape index (κ2) is 9.75. The minimum atomic E-state index is 0.0480. The van der Waals surface area contributed by atoms with E-state index in [1.165, 1.54) is 11.3 Å². The first kappa shape index (κ1) is 21.1. The highest BCUT2D eigenvalue weighted by Crippen LogP contribution is 2.23. The zero-order valence-corrected chi connectivity index (χ0v) is 18.1. The quantitative estimate of drug-likeness (QED) is 0.583. The van der Waals surface area contributed by atoms with E-state index in [1.54, 1.807) is 4.90 Å². The van der Waals surface area contributed by atoms with Gasteiger partial charge in [0.25, 0.3) is 0 Å². The van der Waals surface area contributed by atoms with Crippen molar-refractivity contribution < 1.29 is 13.9 Å². The first-order valence-electron chi connectivity index (χ1n) is 10.6. The standard InChI is InChI=1S/C24H28N4O3/c1-18-7-9-19(10-8-18)24-26-25-22(31-24)11-12-23(29)27(2)17-20-5-3-4-6-21(20)28-13-15-30-16-14-28/h3-10H,11-17H2,1-2H3. The number of carbonyl (C=O) groups excluding carboxylic acids is 1. The highest BCUT2D eigenvalue weighted by molar-refractivity contribution is 5.76. The van der Waals surface area contributed by atoms with Crippen LogP contribution in [0, 0.1) is 6.92 Å². The lowest BCUT2D eigenvalue weighted by Gasteiger charge is -2.31. The fourth-order valence-electron chi connectivity index (χ4n) is 3.67. The summed E-state index contributed by atoms with van der Waals surface area (Å²) in [6.07, 6.45) is 0.749. The normalized spacial score (nSPS) is 13.9. The van der Waals surface area contributed by atoms with E-state index in [1.807, 2.05) is 50.4 Å². The Kier molecular flexibility index (Phi) is 6.62. The number of benzene rings is 2. The number of anilines is 1. The van der Waals surface area contributed by atoms with Crippen LogP contribution in [0.1, 0.15) is 23.4 Å². The third kappa shape index (κ3) is 5.30. The van der Waals surface area contributed by atoms with Crippen molar-refractivity contribution in [3.05, 3.63) is 65.5 Å². The van der Waals surface area contributed by atoms with Crippen molar-refractivity contribution in [1.29, 1.82) is 0 Å². The van der Waals surface area contributed by atoms with Crippen LogP contribution in [-0.2, 0) is 22.5 Å². The molecule has 0 bridgehead atoms. The number of rotatable bonds is 7. The number of carbonyl (C=O) groups is 1. The molecule has 3 aromatic rings. The highest BCUT2D eigenvalue weighted by Gasteiger charge is 2.18. The van der Waals surface area contributed by atoms with Crippen LogP contribution in [0.4, 0.5) is 5.69 Å². The van der Waals surface area contributed by atoms with Gasteiger partial charge in [0.1, 0.15) is 0 Å². The molecule has 1 amide bonds. The number of ether oxygens (including phenoxy) is 1. The van der Waals surface area contributed by atoms with E-state index in [4.69, 9.17) is 9.15 Å². The number of amides is 1. The number of para-hydroxylation sites is 1. The zero-order valence-electron chi connectivity index (χ0n) is 18.1. The van der Waals surface area contributed by atoms with Gasteiger partial charge in [-0.05, 0) is 30.7 Å². The van der Waals surface area contributed by atoms with Crippen LogP contribution in [0.25, 0.3) is 11.5 Å². The Hall–Kier alpha value is -3.19. The summed E-state index contributed by atoms with van der Waals surface area (Å²) in [6, 6.07) is 16.2. The fourth-order valence-corrected chi connectivity index (χ4v) is 3.67. The van der Waals surface area contributed by atoms with E-state index in [0.717, 1.165) is 37.4 Å². The van der Waals surface area contributed by atoms with Crippen molar-refractivity contribution in [3.63, 3.8) is 0 Å². The molecule has 2 heterocycles. The van der Waals surface area contributed by atoms with E-state index in [2.05, 4.69) is 27.2 Å². The summed E-state index contributed by atoms with van der Waals surface area (Å²) in [5.41, 5.74) is 4.37. The molecule has 7 nitrogen and oxygen atoms in total. The average molecular weight is 421 g/mol. The maximum absolute atomic E-state index is 12.7. The van der Waals surface area contributed by atoms with Crippen molar-refractivity contribution in [3.8, 4) is 11.5 Å². The largest absolute Gasteiger partial charge is 0.421 e. The second-order valence-electron chi connectivity index (χ2n) is 7.84. The molecule has 1 aliphatic heterocycles. The highest BCUT2D eigenvalue weighted by atomic mass is 16.5. The molecule has 0 radical (unpaired) electrons. The predicted octanol–water partition coefficient (Wildman–Crippen LogP) is 3.47. The molecule has 0 atom stereocenters. The molecule has 0 N–H and O–H groups in total. The van der Waals surface area contributed by atoms with Crippen molar-refractivity contribution in [1.82, 2.24) is 15.1 Å². The molecule has 0 spiro atoms. The summed E-state index contributed by atoms with van der Waals surface area (Å²) in [5, 5.41) is 8.21. The SMILES string of the molecule is Cc1ccc(-c2nnc(CCC(=O)N(C)Cc3ccccc3N3CCOCC3)o2)cc1. The first-order valence-corrected chi connectivity index (χ1v) is 10.6. The Morgan fingerprint density at radius 2 is 1.81 bits per heavy atom. The van der Waals surface area contributed by atoms with Crippen LogP contribution in [0.5, 0.6) is 0 Å². The molecule has 1 saturated heterocycles. The summed E-state index contributed by atoms with van der Waals surface area (Å²) >= 11 is 0.